The normalized spacial score (nSPS) is 13.2. The summed E-state index contributed by atoms with van der Waals surface area (Å²) in [6, 6.07) is 1.24. The van der Waals surface area contributed by atoms with E-state index in [0.29, 0.717) is 12.0 Å². The average Bonchev–Trinajstić information content (AvgIpc) is 2.31. The van der Waals surface area contributed by atoms with E-state index in [0.717, 1.165) is 6.07 Å². The first-order valence-corrected chi connectivity index (χ1v) is 6.14. The maximum Gasteiger partial charge on any atom is 0.418 e. The SMILES string of the molecule is Nc1c(Cl)cc(CCC[C@@H](N)C(=O)O)cc1C(F)(F)F. The molecule has 0 saturated carbocycles. The van der Waals surface area contributed by atoms with Gasteiger partial charge in [0, 0.05) is 0 Å². The van der Waals surface area contributed by atoms with Gasteiger partial charge in [0.1, 0.15) is 6.04 Å². The van der Waals surface area contributed by atoms with Crippen LogP contribution in [0.1, 0.15) is 24.0 Å². The van der Waals surface area contributed by atoms with Crippen LogP contribution in [0, 0.1) is 0 Å². The first-order valence-electron chi connectivity index (χ1n) is 5.76. The molecule has 0 aromatic heterocycles. The standard InChI is InChI=1S/C12H14ClF3N2O2/c13-8-5-6(2-1-3-9(17)11(19)20)4-7(10(8)18)12(14,15)16/h4-5,9H,1-3,17-18H2,(H,19,20)/t9-/m1/s1. The summed E-state index contributed by atoms with van der Waals surface area (Å²) in [7, 11) is 0. The Labute approximate surface area is 118 Å². The van der Waals surface area contributed by atoms with Crippen molar-refractivity contribution < 1.29 is 23.1 Å². The van der Waals surface area contributed by atoms with Crippen LogP contribution in [0.5, 0.6) is 0 Å². The van der Waals surface area contributed by atoms with Gasteiger partial charge in [0.15, 0.2) is 0 Å². The molecule has 1 atom stereocenters. The summed E-state index contributed by atoms with van der Waals surface area (Å²) in [6.07, 6.45) is -3.84. The van der Waals surface area contributed by atoms with E-state index in [-0.39, 0.29) is 17.9 Å². The molecule has 0 aliphatic heterocycles. The number of carboxylic acids is 1. The zero-order valence-electron chi connectivity index (χ0n) is 10.4. The highest BCUT2D eigenvalue weighted by Crippen LogP contribution is 2.38. The van der Waals surface area contributed by atoms with Crippen molar-refractivity contribution >= 4 is 23.3 Å². The topological polar surface area (TPSA) is 89.3 Å². The van der Waals surface area contributed by atoms with Crippen LogP contribution >= 0.6 is 11.6 Å². The van der Waals surface area contributed by atoms with Crippen LogP contribution in [-0.2, 0) is 17.4 Å². The molecule has 0 amide bonds. The second-order valence-corrected chi connectivity index (χ2v) is 4.78. The van der Waals surface area contributed by atoms with Gasteiger partial charge in [0.25, 0.3) is 0 Å². The van der Waals surface area contributed by atoms with Gasteiger partial charge in [-0.25, -0.2) is 0 Å². The van der Waals surface area contributed by atoms with Gasteiger partial charge in [0.05, 0.1) is 16.3 Å². The van der Waals surface area contributed by atoms with Crippen molar-refractivity contribution in [3.63, 3.8) is 0 Å². The van der Waals surface area contributed by atoms with Gasteiger partial charge in [-0.3, -0.25) is 4.79 Å². The maximum atomic E-state index is 12.7. The highest BCUT2D eigenvalue weighted by molar-refractivity contribution is 6.33. The number of nitrogen functional groups attached to an aromatic ring is 1. The number of nitrogens with two attached hydrogens (primary N) is 2. The summed E-state index contributed by atoms with van der Waals surface area (Å²) in [5.41, 5.74) is 9.46. The third kappa shape index (κ3) is 4.28. The van der Waals surface area contributed by atoms with E-state index in [2.05, 4.69) is 0 Å². The zero-order valence-corrected chi connectivity index (χ0v) is 11.1. The molecule has 0 aliphatic carbocycles. The van der Waals surface area contributed by atoms with Gasteiger partial charge in [0.2, 0.25) is 0 Å². The van der Waals surface area contributed by atoms with Crippen molar-refractivity contribution in [2.45, 2.75) is 31.5 Å². The van der Waals surface area contributed by atoms with Crippen LogP contribution in [0.15, 0.2) is 12.1 Å². The molecule has 0 bridgehead atoms. The quantitative estimate of drug-likeness (QED) is 0.729. The third-order valence-electron chi connectivity index (χ3n) is 2.79. The lowest BCUT2D eigenvalue weighted by Crippen LogP contribution is -2.29. The maximum absolute atomic E-state index is 12.7. The van der Waals surface area contributed by atoms with Crippen molar-refractivity contribution in [3.05, 3.63) is 28.3 Å². The fourth-order valence-corrected chi connectivity index (χ4v) is 1.94. The number of aryl methyl sites for hydroxylation is 1. The van der Waals surface area contributed by atoms with Crippen molar-refractivity contribution in [1.29, 1.82) is 0 Å². The van der Waals surface area contributed by atoms with E-state index in [1.807, 2.05) is 0 Å². The monoisotopic (exact) mass is 310 g/mol. The van der Waals surface area contributed by atoms with Crippen LogP contribution in [-0.4, -0.2) is 17.1 Å². The molecular formula is C12H14ClF3N2O2. The van der Waals surface area contributed by atoms with Gasteiger partial charge < -0.3 is 16.6 Å². The highest BCUT2D eigenvalue weighted by atomic mass is 35.5. The molecular weight excluding hydrogens is 297 g/mol. The van der Waals surface area contributed by atoms with Gasteiger partial charge in [-0.1, -0.05) is 11.6 Å². The molecule has 1 rings (SSSR count). The number of aliphatic carboxylic acids is 1. The van der Waals surface area contributed by atoms with Crippen LogP contribution < -0.4 is 11.5 Å². The predicted octanol–water partition coefficient (Wildman–Crippen LogP) is 2.68. The van der Waals surface area contributed by atoms with E-state index in [4.69, 9.17) is 28.2 Å². The first-order chi connectivity index (χ1) is 9.12. The number of hydrogen-bond acceptors (Lipinski definition) is 3. The number of hydrogen-bond donors (Lipinski definition) is 3. The lowest BCUT2D eigenvalue weighted by Gasteiger charge is -2.14. The third-order valence-corrected chi connectivity index (χ3v) is 3.11. The number of alkyl halides is 3. The first kappa shape index (κ1) is 16.6. The molecule has 112 valence electrons. The summed E-state index contributed by atoms with van der Waals surface area (Å²) in [5, 5.41) is 8.43. The summed E-state index contributed by atoms with van der Waals surface area (Å²) in [4.78, 5) is 10.5. The molecule has 0 saturated heterocycles. The van der Waals surface area contributed by atoms with Gasteiger partial charge in [-0.2, -0.15) is 13.2 Å². The number of benzene rings is 1. The Morgan fingerprint density at radius 3 is 2.50 bits per heavy atom. The molecule has 1 aromatic rings. The summed E-state index contributed by atoms with van der Waals surface area (Å²) in [6.45, 7) is 0. The zero-order chi connectivity index (χ0) is 15.5. The average molecular weight is 311 g/mol. The van der Waals surface area contributed by atoms with E-state index in [1.54, 1.807) is 0 Å². The van der Waals surface area contributed by atoms with Crippen molar-refractivity contribution in [1.82, 2.24) is 0 Å². The molecule has 0 aliphatic rings. The minimum Gasteiger partial charge on any atom is -0.480 e. The van der Waals surface area contributed by atoms with Crippen molar-refractivity contribution in [3.8, 4) is 0 Å². The summed E-state index contributed by atoms with van der Waals surface area (Å²) >= 11 is 5.67. The Morgan fingerprint density at radius 2 is 2.00 bits per heavy atom. The Kier molecular flexibility index (Phi) is 5.24. The number of anilines is 1. The Hall–Kier alpha value is -1.47. The Balaban J connectivity index is 2.82. The lowest BCUT2D eigenvalue weighted by molar-refractivity contribution is -0.139. The Morgan fingerprint density at radius 1 is 1.40 bits per heavy atom. The largest absolute Gasteiger partial charge is 0.480 e. The number of rotatable bonds is 5. The van der Waals surface area contributed by atoms with Crippen LogP contribution in [0.25, 0.3) is 0 Å². The molecule has 0 fully saturated rings. The minimum atomic E-state index is -4.58. The minimum absolute atomic E-state index is 0.165. The van der Waals surface area contributed by atoms with Crippen molar-refractivity contribution in [2.24, 2.45) is 5.73 Å². The second-order valence-electron chi connectivity index (χ2n) is 4.37. The van der Waals surface area contributed by atoms with Crippen LogP contribution in [0.2, 0.25) is 5.02 Å². The van der Waals surface area contributed by atoms with Crippen molar-refractivity contribution in [2.75, 3.05) is 5.73 Å². The molecule has 4 nitrogen and oxygen atoms in total. The molecule has 1 aromatic carbocycles. The summed E-state index contributed by atoms with van der Waals surface area (Å²) in [5.74, 6) is -1.14. The van der Waals surface area contributed by atoms with E-state index in [9.17, 15) is 18.0 Å². The molecule has 0 unspecified atom stereocenters. The van der Waals surface area contributed by atoms with Gasteiger partial charge >= 0.3 is 12.1 Å². The summed E-state index contributed by atoms with van der Waals surface area (Å²) < 4.78 is 38.2. The predicted molar refractivity (Wildman–Crippen MR) is 69.4 cm³/mol. The number of carboxylic acid groups (broad SMARTS) is 1. The fourth-order valence-electron chi connectivity index (χ4n) is 1.70. The van der Waals surface area contributed by atoms with Gasteiger partial charge in [-0.05, 0) is 37.0 Å². The Bertz CT molecular complexity index is 506. The van der Waals surface area contributed by atoms with E-state index < -0.39 is 29.4 Å². The van der Waals surface area contributed by atoms with E-state index >= 15 is 0 Å². The van der Waals surface area contributed by atoms with Crippen LogP contribution in [0.3, 0.4) is 0 Å². The number of halogens is 4. The second kappa shape index (κ2) is 6.32. The van der Waals surface area contributed by atoms with Gasteiger partial charge in [-0.15, -0.1) is 0 Å². The smallest absolute Gasteiger partial charge is 0.418 e. The molecule has 0 heterocycles. The highest BCUT2D eigenvalue weighted by Gasteiger charge is 2.34. The molecule has 0 radical (unpaired) electrons. The fraction of sp³-hybridized carbons (Fsp3) is 0.417. The molecule has 20 heavy (non-hydrogen) atoms. The molecule has 0 spiro atoms. The lowest BCUT2D eigenvalue weighted by atomic mass is 10.0. The molecule has 8 heteroatoms. The van der Waals surface area contributed by atoms with Crippen LogP contribution in [0.4, 0.5) is 18.9 Å². The molecule has 5 N–H and O–H groups in total. The van der Waals surface area contributed by atoms with E-state index in [1.165, 1.54) is 6.07 Å². The number of carbonyl (C=O) groups is 1.